The number of ether oxygens (including phenoxy) is 3. The van der Waals surface area contributed by atoms with Gasteiger partial charge in [-0.2, -0.15) is 0 Å². The van der Waals surface area contributed by atoms with Crippen LogP contribution in [0.3, 0.4) is 0 Å². The second-order valence-electron chi connectivity index (χ2n) is 3.59. The predicted molar refractivity (Wildman–Crippen MR) is 62.0 cm³/mol. The van der Waals surface area contributed by atoms with Gasteiger partial charge in [0.2, 0.25) is 5.79 Å². The molecule has 5 nitrogen and oxygen atoms in total. The number of hydrogen-bond acceptors (Lipinski definition) is 4. The Balaban J connectivity index is 3.07. The molecule has 0 saturated heterocycles. The summed E-state index contributed by atoms with van der Waals surface area (Å²) in [6, 6.07) is 5.44. The van der Waals surface area contributed by atoms with E-state index in [4.69, 9.17) is 19.9 Å². The minimum atomic E-state index is -1.37. The van der Waals surface area contributed by atoms with Crippen LogP contribution in [0.2, 0.25) is 0 Å². The van der Waals surface area contributed by atoms with Gasteiger partial charge in [0.05, 0.1) is 0 Å². The highest BCUT2D eigenvalue weighted by atomic mass is 19.1. The highest BCUT2D eigenvalue weighted by Gasteiger charge is 2.35. The smallest absolute Gasteiger partial charge is 0.407 e. The maximum absolute atomic E-state index is 12.9. The van der Waals surface area contributed by atoms with Crippen LogP contribution >= 0.6 is 0 Å². The molecule has 0 aliphatic rings. The number of hydrogen-bond donors (Lipinski definition) is 1. The van der Waals surface area contributed by atoms with E-state index >= 15 is 0 Å². The Morgan fingerprint density at radius 3 is 2.44 bits per heavy atom. The molecule has 6 heteroatoms. The van der Waals surface area contributed by atoms with Crippen molar-refractivity contribution in [3.05, 3.63) is 35.6 Å². The van der Waals surface area contributed by atoms with E-state index in [0.717, 1.165) is 0 Å². The fourth-order valence-electron chi connectivity index (χ4n) is 1.57. The number of halogens is 1. The van der Waals surface area contributed by atoms with Crippen molar-refractivity contribution in [1.29, 1.82) is 0 Å². The van der Waals surface area contributed by atoms with E-state index in [9.17, 15) is 9.18 Å². The molecule has 1 aromatic rings. The van der Waals surface area contributed by atoms with Crippen LogP contribution in [0, 0.1) is 5.82 Å². The first-order chi connectivity index (χ1) is 8.54. The van der Waals surface area contributed by atoms with Gasteiger partial charge in [-0.15, -0.1) is 0 Å². The lowest BCUT2D eigenvalue weighted by Crippen LogP contribution is -2.37. The van der Waals surface area contributed by atoms with Crippen molar-refractivity contribution in [1.82, 2.24) is 0 Å². The lowest BCUT2D eigenvalue weighted by molar-refractivity contribution is -0.249. The fraction of sp³-hybridized carbons (Fsp3) is 0.417. The topological polar surface area (TPSA) is 70.8 Å². The van der Waals surface area contributed by atoms with Crippen molar-refractivity contribution in [2.45, 2.75) is 19.1 Å². The van der Waals surface area contributed by atoms with Crippen LogP contribution in [-0.2, 0) is 20.0 Å². The molecule has 0 spiro atoms. The lowest BCUT2D eigenvalue weighted by Gasteiger charge is -2.31. The third-order valence-electron chi connectivity index (χ3n) is 2.42. The van der Waals surface area contributed by atoms with Crippen LogP contribution in [0.15, 0.2) is 24.3 Å². The first-order valence-electron chi connectivity index (χ1n) is 5.41. The zero-order valence-corrected chi connectivity index (χ0v) is 10.3. The van der Waals surface area contributed by atoms with Crippen molar-refractivity contribution >= 4 is 6.09 Å². The van der Waals surface area contributed by atoms with Crippen LogP contribution in [0.4, 0.5) is 9.18 Å². The van der Waals surface area contributed by atoms with Gasteiger partial charge in [0.15, 0.2) is 6.79 Å². The molecule has 1 aromatic carbocycles. The van der Waals surface area contributed by atoms with Crippen LogP contribution in [-0.4, -0.2) is 20.0 Å². The molecule has 100 valence electrons. The van der Waals surface area contributed by atoms with Crippen molar-refractivity contribution in [3.8, 4) is 0 Å². The molecule has 1 amide bonds. The Bertz CT molecular complexity index is 396. The maximum Gasteiger partial charge on any atom is 0.407 e. The lowest BCUT2D eigenvalue weighted by atomic mass is 10.0. The first kappa shape index (κ1) is 14.4. The molecule has 2 N–H and O–H groups in total. The first-order valence-corrected chi connectivity index (χ1v) is 5.41. The summed E-state index contributed by atoms with van der Waals surface area (Å²) in [5, 5.41) is 0. The summed E-state index contributed by atoms with van der Waals surface area (Å²) in [7, 11) is 1.44. The number of carbonyl (C=O) groups excluding carboxylic acids is 1. The Morgan fingerprint density at radius 1 is 1.39 bits per heavy atom. The van der Waals surface area contributed by atoms with Gasteiger partial charge in [-0.25, -0.2) is 9.18 Å². The van der Waals surface area contributed by atoms with Gasteiger partial charge in [-0.3, -0.25) is 0 Å². The summed E-state index contributed by atoms with van der Waals surface area (Å²) in [6.07, 6.45) is -0.664. The van der Waals surface area contributed by atoms with Crippen LogP contribution < -0.4 is 5.73 Å². The predicted octanol–water partition coefficient (Wildman–Crippen LogP) is 2.10. The maximum atomic E-state index is 12.9. The molecule has 0 heterocycles. The Kier molecular flexibility index (Phi) is 5.06. The number of methoxy groups -OCH3 is 1. The van der Waals surface area contributed by atoms with E-state index in [1.807, 2.05) is 0 Å². The average Bonchev–Trinajstić information content (AvgIpc) is 2.35. The standard InChI is InChI=1S/C12H16FNO4/c1-3-12(17-8-16-2,18-11(14)15)9-4-6-10(13)7-5-9/h4-7H,3,8H2,1-2H3,(H2,14,15). The quantitative estimate of drug-likeness (QED) is 0.792. The minimum absolute atomic E-state index is 0.0848. The summed E-state index contributed by atoms with van der Waals surface area (Å²) >= 11 is 0. The molecule has 18 heavy (non-hydrogen) atoms. The highest BCUT2D eigenvalue weighted by Crippen LogP contribution is 2.31. The Labute approximate surface area is 105 Å². The summed E-state index contributed by atoms with van der Waals surface area (Å²) in [6.45, 7) is 1.67. The van der Waals surface area contributed by atoms with Gasteiger partial charge in [0.25, 0.3) is 0 Å². The van der Waals surface area contributed by atoms with E-state index < -0.39 is 17.7 Å². The summed E-state index contributed by atoms with van der Waals surface area (Å²) in [5.74, 6) is -1.76. The number of nitrogens with two attached hydrogens (primary N) is 1. The molecule has 0 aliphatic heterocycles. The van der Waals surface area contributed by atoms with E-state index in [0.29, 0.717) is 12.0 Å². The molecule has 0 fully saturated rings. The van der Waals surface area contributed by atoms with Gasteiger partial charge in [-0.05, 0) is 24.3 Å². The van der Waals surface area contributed by atoms with Crippen LogP contribution in [0.25, 0.3) is 0 Å². The number of benzene rings is 1. The SMILES string of the molecule is CCC(OCOC)(OC(N)=O)c1ccc(F)cc1. The third-order valence-corrected chi connectivity index (χ3v) is 2.42. The summed E-state index contributed by atoms with van der Waals surface area (Å²) in [4.78, 5) is 11.0. The van der Waals surface area contributed by atoms with Crippen molar-refractivity contribution in [2.75, 3.05) is 13.9 Å². The minimum Gasteiger partial charge on any atom is -0.412 e. The van der Waals surface area contributed by atoms with E-state index in [1.54, 1.807) is 6.92 Å². The number of amides is 1. The summed E-state index contributed by atoms with van der Waals surface area (Å²) in [5.41, 5.74) is 5.53. The normalized spacial score (nSPS) is 13.9. The molecule has 1 rings (SSSR count). The molecule has 0 aliphatic carbocycles. The van der Waals surface area contributed by atoms with Gasteiger partial charge in [-0.1, -0.05) is 6.92 Å². The number of carbonyl (C=O) groups is 1. The molecule has 0 bridgehead atoms. The molecule has 0 radical (unpaired) electrons. The monoisotopic (exact) mass is 257 g/mol. The largest absolute Gasteiger partial charge is 0.412 e. The Morgan fingerprint density at radius 2 is 2.00 bits per heavy atom. The zero-order chi connectivity index (χ0) is 13.6. The van der Waals surface area contributed by atoms with E-state index in [-0.39, 0.29) is 6.79 Å². The van der Waals surface area contributed by atoms with Crippen molar-refractivity contribution < 1.29 is 23.4 Å². The molecule has 0 aromatic heterocycles. The molecule has 1 atom stereocenters. The second-order valence-corrected chi connectivity index (χ2v) is 3.59. The molecular formula is C12H16FNO4. The molecule has 1 unspecified atom stereocenters. The Hall–Kier alpha value is -1.66. The second kappa shape index (κ2) is 6.32. The van der Waals surface area contributed by atoms with Gasteiger partial charge < -0.3 is 19.9 Å². The third kappa shape index (κ3) is 3.41. The average molecular weight is 257 g/mol. The number of rotatable bonds is 6. The highest BCUT2D eigenvalue weighted by molar-refractivity contribution is 5.65. The van der Waals surface area contributed by atoms with E-state index in [2.05, 4.69) is 0 Å². The van der Waals surface area contributed by atoms with Crippen LogP contribution in [0.5, 0.6) is 0 Å². The van der Waals surface area contributed by atoms with Gasteiger partial charge >= 0.3 is 6.09 Å². The number of primary amides is 1. The fourth-order valence-corrected chi connectivity index (χ4v) is 1.57. The zero-order valence-electron chi connectivity index (χ0n) is 10.3. The molecule has 0 saturated carbocycles. The van der Waals surface area contributed by atoms with Crippen molar-refractivity contribution in [3.63, 3.8) is 0 Å². The van der Waals surface area contributed by atoms with Crippen molar-refractivity contribution in [2.24, 2.45) is 5.73 Å². The van der Waals surface area contributed by atoms with Gasteiger partial charge in [0, 0.05) is 19.1 Å². The molecular weight excluding hydrogens is 241 g/mol. The van der Waals surface area contributed by atoms with Crippen LogP contribution in [0.1, 0.15) is 18.9 Å². The van der Waals surface area contributed by atoms with E-state index in [1.165, 1.54) is 31.4 Å². The van der Waals surface area contributed by atoms with Gasteiger partial charge in [0.1, 0.15) is 5.82 Å². The summed E-state index contributed by atoms with van der Waals surface area (Å²) < 4.78 is 28.1.